The average Bonchev–Trinajstić information content (AvgIpc) is 2.63. The molecule has 0 aliphatic carbocycles. The van der Waals surface area contributed by atoms with Gasteiger partial charge in [-0.2, -0.15) is 0 Å². The molecule has 0 radical (unpaired) electrons. The predicted molar refractivity (Wildman–Crippen MR) is 110 cm³/mol. The van der Waals surface area contributed by atoms with Crippen LogP contribution >= 0.6 is 34.8 Å². The summed E-state index contributed by atoms with van der Waals surface area (Å²) >= 11 is 17.5. The number of anilines is 2. The molecule has 6 nitrogen and oxygen atoms in total. The lowest BCUT2D eigenvalue weighted by Gasteiger charge is -2.08. The van der Waals surface area contributed by atoms with Crippen molar-refractivity contribution in [3.05, 3.63) is 57.5 Å². The summed E-state index contributed by atoms with van der Waals surface area (Å²) in [6, 6.07) is 11.4. The molecule has 0 aliphatic heterocycles. The van der Waals surface area contributed by atoms with Gasteiger partial charge in [0.05, 0.1) is 10.0 Å². The van der Waals surface area contributed by atoms with Gasteiger partial charge in [0.15, 0.2) is 6.61 Å². The molecule has 0 bridgehead atoms. The molecule has 2 aromatic carbocycles. The van der Waals surface area contributed by atoms with Crippen molar-refractivity contribution in [2.75, 3.05) is 17.2 Å². The molecule has 0 saturated heterocycles. The molecular weight excluding hydrogens is 427 g/mol. The molecule has 0 fully saturated rings. The highest BCUT2D eigenvalue weighted by Gasteiger charge is 2.10. The van der Waals surface area contributed by atoms with Crippen molar-refractivity contribution in [1.82, 2.24) is 0 Å². The SMILES string of the molecule is O=C(CCCC(=O)OCC(=O)Nc1ccc(Cl)c(Cl)c1)Nc1cccc(Cl)c1. The molecule has 0 aromatic heterocycles. The lowest BCUT2D eigenvalue weighted by molar-refractivity contribution is -0.147. The Bertz CT molecular complexity index is 874. The Morgan fingerprint density at radius 1 is 0.821 bits per heavy atom. The number of hydrogen-bond donors (Lipinski definition) is 2. The van der Waals surface area contributed by atoms with Crippen LogP contribution in [0.25, 0.3) is 0 Å². The highest BCUT2D eigenvalue weighted by Crippen LogP contribution is 2.24. The van der Waals surface area contributed by atoms with Gasteiger partial charge in [0.1, 0.15) is 0 Å². The highest BCUT2D eigenvalue weighted by molar-refractivity contribution is 6.42. The van der Waals surface area contributed by atoms with E-state index >= 15 is 0 Å². The van der Waals surface area contributed by atoms with Gasteiger partial charge < -0.3 is 15.4 Å². The zero-order valence-electron chi connectivity index (χ0n) is 14.6. The van der Waals surface area contributed by atoms with Gasteiger partial charge in [-0.15, -0.1) is 0 Å². The maximum Gasteiger partial charge on any atom is 0.306 e. The predicted octanol–water partition coefficient (Wildman–Crippen LogP) is 4.94. The minimum Gasteiger partial charge on any atom is -0.456 e. The molecule has 0 atom stereocenters. The second-order valence-electron chi connectivity index (χ2n) is 5.75. The Labute approximate surface area is 177 Å². The van der Waals surface area contributed by atoms with Crippen LogP contribution in [-0.2, 0) is 19.1 Å². The fraction of sp³-hybridized carbons (Fsp3) is 0.211. The minimum atomic E-state index is -0.570. The monoisotopic (exact) mass is 442 g/mol. The largest absolute Gasteiger partial charge is 0.456 e. The van der Waals surface area contributed by atoms with Crippen LogP contribution in [0, 0.1) is 0 Å². The third-order valence-electron chi connectivity index (χ3n) is 3.46. The molecular formula is C19H17Cl3N2O4. The van der Waals surface area contributed by atoms with Crippen molar-refractivity contribution in [3.8, 4) is 0 Å². The van der Waals surface area contributed by atoms with E-state index in [4.69, 9.17) is 39.5 Å². The van der Waals surface area contributed by atoms with Crippen molar-refractivity contribution < 1.29 is 19.1 Å². The van der Waals surface area contributed by atoms with Crippen LogP contribution < -0.4 is 10.6 Å². The first-order chi connectivity index (χ1) is 13.3. The van der Waals surface area contributed by atoms with Gasteiger partial charge in [0, 0.05) is 29.2 Å². The average molecular weight is 444 g/mol. The van der Waals surface area contributed by atoms with Gasteiger partial charge in [0.2, 0.25) is 5.91 Å². The van der Waals surface area contributed by atoms with Gasteiger partial charge in [-0.05, 0) is 42.8 Å². The summed E-state index contributed by atoms with van der Waals surface area (Å²) in [6.45, 7) is -0.437. The number of benzene rings is 2. The summed E-state index contributed by atoms with van der Waals surface area (Å²) < 4.78 is 4.89. The Morgan fingerprint density at radius 2 is 1.54 bits per heavy atom. The third kappa shape index (κ3) is 7.76. The first-order valence-electron chi connectivity index (χ1n) is 8.29. The third-order valence-corrected chi connectivity index (χ3v) is 4.43. The minimum absolute atomic E-state index is 0.0169. The first-order valence-corrected chi connectivity index (χ1v) is 9.43. The number of halogens is 3. The van der Waals surface area contributed by atoms with E-state index in [-0.39, 0.29) is 18.7 Å². The quantitative estimate of drug-likeness (QED) is 0.566. The Hall–Kier alpha value is -2.28. The standard InChI is InChI=1S/C19H17Cl3N2O4/c20-12-3-1-4-13(9-12)23-17(25)5-2-6-19(27)28-11-18(26)24-14-7-8-15(21)16(22)10-14/h1,3-4,7-10H,2,5-6,11H2,(H,23,25)(H,24,26). The maximum absolute atomic E-state index is 11.8. The van der Waals surface area contributed by atoms with Crippen LogP contribution in [0.15, 0.2) is 42.5 Å². The number of nitrogens with one attached hydrogen (secondary N) is 2. The van der Waals surface area contributed by atoms with E-state index in [1.807, 2.05) is 0 Å². The maximum atomic E-state index is 11.8. The fourth-order valence-electron chi connectivity index (χ4n) is 2.17. The molecule has 2 N–H and O–H groups in total. The van der Waals surface area contributed by atoms with Crippen LogP contribution in [0.2, 0.25) is 15.1 Å². The molecule has 2 amide bonds. The topological polar surface area (TPSA) is 84.5 Å². The Kier molecular flexibility index (Phi) is 8.57. The van der Waals surface area contributed by atoms with Crippen molar-refractivity contribution in [1.29, 1.82) is 0 Å². The molecule has 0 aliphatic rings. The van der Waals surface area contributed by atoms with E-state index in [0.717, 1.165) is 0 Å². The molecule has 2 rings (SSSR count). The lowest BCUT2D eigenvalue weighted by atomic mass is 10.2. The van der Waals surface area contributed by atoms with Crippen LogP contribution in [0.5, 0.6) is 0 Å². The van der Waals surface area contributed by atoms with Gasteiger partial charge in [0.25, 0.3) is 5.91 Å². The van der Waals surface area contributed by atoms with Crippen molar-refractivity contribution in [2.45, 2.75) is 19.3 Å². The van der Waals surface area contributed by atoms with E-state index in [1.165, 1.54) is 6.07 Å². The molecule has 148 valence electrons. The molecule has 9 heteroatoms. The van der Waals surface area contributed by atoms with Gasteiger partial charge in [-0.3, -0.25) is 14.4 Å². The van der Waals surface area contributed by atoms with Crippen LogP contribution in [0.3, 0.4) is 0 Å². The number of rotatable bonds is 8. The summed E-state index contributed by atoms with van der Waals surface area (Å²) in [4.78, 5) is 35.3. The van der Waals surface area contributed by atoms with Gasteiger partial charge in [-0.1, -0.05) is 40.9 Å². The second-order valence-corrected chi connectivity index (χ2v) is 7.00. The second kappa shape index (κ2) is 10.9. The summed E-state index contributed by atoms with van der Waals surface area (Å²) in [5, 5.41) is 6.40. The van der Waals surface area contributed by atoms with Crippen LogP contribution in [0.1, 0.15) is 19.3 Å². The molecule has 0 heterocycles. The number of hydrogen-bond acceptors (Lipinski definition) is 4. The zero-order chi connectivity index (χ0) is 20.5. The summed E-state index contributed by atoms with van der Waals surface area (Å²) in [5.41, 5.74) is 1.02. The Balaban J connectivity index is 1.64. The van der Waals surface area contributed by atoms with Crippen molar-refractivity contribution in [2.24, 2.45) is 0 Å². The zero-order valence-corrected chi connectivity index (χ0v) is 16.9. The van der Waals surface area contributed by atoms with E-state index in [9.17, 15) is 14.4 Å². The number of carbonyl (C=O) groups is 3. The van der Waals surface area contributed by atoms with E-state index in [1.54, 1.807) is 36.4 Å². The number of carbonyl (C=O) groups excluding carboxylic acids is 3. The fourth-order valence-corrected chi connectivity index (χ4v) is 2.66. The van der Waals surface area contributed by atoms with E-state index in [2.05, 4.69) is 10.6 Å². The lowest BCUT2D eigenvalue weighted by Crippen LogP contribution is -2.21. The van der Waals surface area contributed by atoms with Crippen molar-refractivity contribution >= 4 is 64.0 Å². The molecule has 0 unspecified atom stereocenters. The van der Waals surface area contributed by atoms with Gasteiger partial charge >= 0.3 is 5.97 Å². The number of amides is 2. The number of esters is 1. The summed E-state index contributed by atoms with van der Waals surface area (Å²) in [6.07, 6.45) is 0.444. The van der Waals surface area contributed by atoms with Crippen molar-refractivity contribution in [3.63, 3.8) is 0 Å². The Morgan fingerprint density at radius 3 is 2.25 bits per heavy atom. The summed E-state index contributed by atoms with van der Waals surface area (Å²) in [7, 11) is 0. The van der Waals surface area contributed by atoms with Gasteiger partial charge in [-0.25, -0.2) is 0 Å². The smallest absolute Gasteiger partial charge is 0.306 e. The molecule has 28 heavy (non-hydrogen) atoms. The summed E-state index contributed by atoms with van der Waals surface area (Å²) in [5.74, 6) is -1.32. The highest BCUT2D eigenvalue weighted by atomic mass is 35.5. The molecule has 0 saturated carbocycles. The first kappa shape index (κ1) is 22.0. The van der Waals surface area contributed by atoms with E-state index in [0.29, 0.717) is 32.9 Å². The molecule has 0 spiro atoms. The van der Waals surface area contributed by atoms with Crippen LogP contribution in [-0.4, -0.2) is 24.4 Å². The normalized spacial score (nSPS) is 10.2. The van der Waals surface area contributed by atoms with E-state index < -0.39 is 18.5 Å². The number of ether oxygens (including phenoxy) is 1. The molecule has 2 aromatic rings. The van der Waals surface area contributed by atoms with Crippen LogP contribution in [0.4, 0.5) is 11.4 Å².